The van der Waals surface area contributed by atoms with E-state index < -0.39 is 10.8 Å². The van der Waals surface area contributed by atoms with Crippen LogP contribution >= 0.6 is 11.6 Å². The number of carbonyl (C=O) groups excluding carboxylic acids is 1. The van der Waals surface area contributed by atoms with Crippen molar-refractivity contribution in [1.29, 1.82) is 0 Å². The summed E-state index contributed by atoms with van der Waals surface area (Å²) in [5.74, 6) is 0.165. The summed E-state index contributed by atoms with van der Waals surface area (Å²) in [7, 11) is 0. The molecule has 0 aliphatic carbocycles. The Kier molecular flexibility index (Phi) is 5.18. The van der Waals surface area contributed by atoms with Crippen LogP contribution in [-0.4, -0.2) is 17.4 Å². The monoisotopic (exact) mass is 334 g/mol. The molecular formula is C16H15ClN2O4. The zero-order valence-electron chi connectivity index (χ0n) is 12.6. The lowest BCUT2D eigenvalue weighted by Crippen LogP contribution is -2.20. The summed E-state index contributed by atoms with van der Waals surface area (Å²) in [6.45, 7) is 3.59. The van der Waals surface area contributed by atoms with Crippen LogP contribution in [0.5, 0.6) is 5.75 Å². The molecule has 0 atom stereocenters. The lowest BCUT2D eigenvalue weighted by Gasteiger charge is -2.11. The maximum absolute atomic E-state index is 12.0. The molecule has 0 saturated heterocycles. The van der Waals surface area contributed by atoms with Crippen LogP contribution in [0.15, 0.2) is 36.4 Å². The van der Waals surface area contributed by atoms with E-state index in [1.807, 2.05) is 32.0 Å². The normalized spacial score (nSPS) is 10.2. The van der Waals surface area contributed by atoms with Gasteiger partial charge in [0, 0.05) is 12.1 Å². The highest BCUT2D eigenvalue weighted by Gasteiger charge is 2.13. The first-order valence-electron chi connectivity index (χ1n) is 6.80. The molecule has 7 heteroatoms. The number of nitro groups is 1. The predicted octanol–water partition coefficient (Wildman–Crippen LogP) is 3.88. The Labute approximate surface area is 138 Å². The molecule has 0 fully saturated rings. The molecule has 1 amide bonds. The van der Waals surface area contributed by atoms with Crippen molar-refractivity contribution in [2.24, 2.45) is 0 Å². The fraction of sp³-hybridized carbons (Fsp3) is 0.188. The number of hydrogen-bond acceptors (Lipinski definition) is 4. The lowest BCUT2D eigenvalue weighted by atomic mass is 10.1. The standard InChI is InChI=1S/C16H15ClN2O4/c1-10-3-4-11(2)15(7-10)23-9-16(20)18-14-8-12(19(21)22)5-6-13(14)17/h3-8H,9H2,1-2H3,(H,18,20). The number of anilines is 1. The number of carbonyl (C=O) groups is 1. The third kappa shape index (κ3) is 4.43. The van der Waals surface area contributed by atoms with E-state index in [9.17, 15) is 14.9 Å². The van der Waals surface area contributed by atoms with E-state index >= 15 is 0 Å². The maximum atomic E-state index is 12.0. The number of halogens is 1. The van der Waals surface area contributed by atoms with E-state index in [4.69, 9.17) is 16.3 Å². The Hall–Kier alpha value is -2.60. The molecule has 0 unspecified atom stereocenters. The van der Waals surface area contributed by atoms with Crippen molar-refractivity contribution in [3.05, 3.63) is 62.7 Å². The Morgan fingerprint density at radius 1 is 1.26 bits per heavy atom. The average Bonchev–Trinajstić information content (AvgIpc) is 2.50. The van der Waals surface area contributed by atoms with Crippen LogP contribution in [0, 0.1) is 24.0 Å². The number of ether oxygens (including phenoxy) is 1. The second kappa shape index (κ2) is 7.11. The van der Waals surface area contributed by atoms with Gasteiger partial charge in [0.1, 0.15) is 5.75 Å². The van der Waals surface area contributed by atoms with Crippen LogP contribution in [0.25, 0.3) is 0 Å². The summed E-state index contributed by atoms with van der Waals surface area (Å²) in [5.41, 5.74) is 1.96. The molecule has 0 heterocycles. The maximum Gasteiger partial charge on any atom is 0.271 e. The molecular weight excluding hydrogens is 320 g/mol. The van der Waals surface area contributed by atoms with Crippen molar-refractivity contribution in [1.82, 2.24) is 0 Å². The van der Waals surface area contributed by atoms with Crippen molar-refractivity contribution in [2.75, 3.05) is 11.9 Å². The number of nitrogens with zero attached hydrogens (tertiary/aromatic N) is 1. The van der Waals surface area contributed by atoms with Gasteiger partial charge in [-0.25, -0.2) is 0 Å². The number of aryl methyl sites for hydroxylation is 2. The fourth-order valence-corrected chi connectivity index (χ4v) is 2.08. The molecule has 2 aromatic rings. The predicted molar refractivity (Wildman–Crippen MR) is 88.1 cm³/mol. The van der Waals surface area contributed by atoms with E-state index in [0.717, 1.165) is 11.1 Å². The van der Waals surface area contributed by atoms with Crippen LogP contribution < -0.4 is 10.1 Å². The number of rotatable bonds is 5. The summed E-state index contributed by atoms with van der Waals surface area (Å²) < 4.78 is 5.48. The van der Waals surface area contributed by atoms with Gasteiger partial charge in [-0.3, -0.25) is 14.9 Å². The third-order valence-electron chi connectivity index (χ3n) is 3.14. The number of hydrogen-bond donors (Lipinski definition) is 1. The zero-order chi connectivity index (χ0) is 17.0. The van der Waals surface area contributed by atoms with Crippen molar-refractivity contribution < 1.29 is 14.5 Å². The molecule has 0 aliphatic rings. The molecule has 1 N–H and O–H groups in total. The molecule has 2 aromatic carbocycles. The van der Waals surface area contributed by atoms with Gasteiger partial charge in [0.25, 0.3) is 11.6 Å². The molecule has 0 saturated carbocycles. The Bertz CT molecular complexity index is 762. The summed E-state index contributed by atoms with van der Waals surface area (Å²) in [5, 5.41) is 13.5. The van der Waals surface area contributed by atoms with Crippen LogP contribution in [-0.2, 0) is 4.79 Å². The van der Waals surface area contributed by atoms with Crippen LogP contribution in [0.3, 0.4) is 0 Å². The first-order chi connectivity index (χ1) is 10.9. The summed E-state index contributed by atoms with van der Waals surface area (Å²) in [6, 6.07) is 9.53. The summed E-state index contributed by atoms with van der Waals surface area (Å²) in [6.07, 6.45) is 0. The molecule has 0 spiro atoms. The van der Waals surface area contributed by atoms with Crippen molar-refractivity contribution in [3.8, 4) is 5.75 Å². The van der Waals surface area contributed by atoms with Crippen molar-refractivity contribution >= 4 is 28.9 Å². The van der Waals surface area contributed by atoms with E-state index in [1.54, 1.807) is 0 Å². The van der Waals surface area contributed by atoms with Crippen LogP contribution in [0.1, 0.15) is 11.1 Å². The molecule has 0 bridgehead atoms. The Morgan fingerprint density at radius 2 is 2.00 bits per heavy atom. The quantitative estimate of drug-likeness (QED) is 0.664. The van der Waals surface area contributed by atoms with E-state index in [1.165, 1.54) is 18.2 Å². The molecule has 23 heavy (non-hydrogen) atoms. The topological polar surface area (TPSA) is 81.5 Å². The second-order valence-electron chi connectivity index (χ2n) is 5.03. The van der Waals surface area contributed by atoms with Gasteiger partial charge in [0.15, 0.2) is 6.61 Å². The van der Waals surface area contributed by atoms with Gasteiger partial charge in [-0.2, -0.15) is 0 Å². The molecule has 120 valence electrons. The molecule has 0 radical (unpaired) electrons. The van der Waals surface area contributed by atoms with Gasteiger partial charge < -0.3 is 10.1 Å². The zero-order valence-corrected chi connectivity index (χ0v) is 13.4. The summed E-state index contributed by atoms with van der Waals surface area (Å²) >= 11 is 5.93. The van der Waals surface area contributed by atoms with Gasteiger partial charge in [-0.15, -0.1) is 0 Å². The summed E-state index contributed by atoms with van der Waals surface area (Å²) in [4.78, 5) is 22.1. The largest absolute Gasteiger partial charge is 0.483 e. The first-order valence-corrected chi connectivity index (χ1v) is 7.18. The minimum absolute atomic E-state index is 0.153. The third-order valence-corrected chi connectivity index (χ3v) is 3.47. The van der Waals surface area contributed by atoms with E-state index in [0.29, 0.717) is 5.75 Å². The van der Waals surface area contributed by atoms with Gasteiger partial charge in [-0.05, 0) is 37.1 Å². The number of benzene rings is 2. The average molecular weight is 335 g/mol. The van der Waals surface area contributed by atoms with E-state index in [2.05, 4.69) is 5.32 Å². The SMILES string of the molecule is Cc1ccc(C)c(OCC(=O)Nc2cc([N+](=O)[O-])ccc2Cl)c1. The Morgan fingerprint density at radius 3 is 2.70 bits per heavy atom. The number of non-ortho nitro benzene ring substituents is 1. The second-order valence-corrected chi connectivity index (χ2v) is 5.43. The van der Waals surface area contributed by atoms with Gasteiger partial charge in [0.05, 0.1) is 15.6 Å². The highest BCUT2D eigenvalue weighted by Crippen LogP contribution is 2.26. The molecule has 2 rings (SSSR count). The van der Waals surface area contributed by atoms with Crippen LogP contribution in [0.4, 0.5) is 11.4 Å². The first kappa shape index (κ1) is 16.8. The van der Waals surface area contributed by atoms with Crippen LogP contribution in [0.2, 0.25) is 5.02 Å². The molecule has 0 aliphatic heterocycles. The highest BCUT2D eigenvalue weighted by atomic mass is 35.5. The number of nitrogens with one attached hydrogen (secondary N) is 1. The Balaban J connectivity index is 2.04. The molecule has 0 aromatic heterocycles. The lowest BCUT2D eigenvalue weighted by molar-refractivity contribution is -0.384. The fourth-order valence-electron chi connectivity index (χ4n) is 1.92. The van der Waals surface area contributed by atoms with Crippen molar-refractivity contribution in [3.63, 3.8) is 0 Å². The minimum atomic E-state index is -0.557. The van der Waals surface area contributed by atoms with E-state index in [-0.39, 0.29) is 23.0 Å². The molecule has 6 nitrogen and oxygen atoms in total. The van der Waals surface area contributed by atoms with Gasteiger partial charge in [-0.1, -0.05) is 23.7 Å². The van der Waals surface area contributed by atoms with Gasteiger partial charge in [0.2, 0.25) is 0 Å². The minimum Gasteiger partial charge on any atom is -0.483 e. The highest BCUT2D eigenvalue weighted by molar-refractivity contribution is 6.33. The van der Waals surface area contributed by atoms with Gasteiger partial charge >= 0.3 is 0 Å². The van der Waals surface area contributed by atoms with Crippen molar-refractivity contribution in [2.45, 2.75) is 13.8 Å². The smallest absolute Gasteiger partial charge is 0.271 e. The number of nitro benzene ring substituents is 1. The number of amides is 1.